The number of ether oxygens (including phenoxy) is 1. The number of nitrogens with two attached hydrogens (primary N) is 1. The number of hydrogen-bond acceptors (Lipinski definition) is 6. The zero-order valence-electron chi connectivity index (χ0n) is 20.8. The number of aromatic nitrogens is 1. The van der Waals surface area contributed by atoms with Crippen LogP contribution < -0.4 is 21.7 Å². The summed E-state index contributed by atoms with van der Waals surface area (Å²) in [5.74, 6) is 3.48. The van der Waals surface area contributed by atoms with Gasteiger partial charge in [0.2, 0.25) is 0 Å². The van der Waals surface area contributed by atoms with Gasteiger partial charge >= 0.3 is 0 Å². The average molecular weight is 466 g/mol. The van der Waals surface area contributed by atoms with Gasteiger partial charge in [-0.25, -0.2) is 4.98 Å². The Balaban J connectivity index is 1.30. The first kappa shape index (κ1) is 23.8. The van der Waals surface area contributed by atoms with E-state index in [-0.39, 0.29) is 0 Å². The number of nitrogens with zero attached hydrogens (tertiary/aromatic N) is 1. The van der Waals surface area contributed by atoms with Crippen LogP contribution in [0.3, 0.4) is 0 Å². The Labute approximate surface area is 204 Å². The van der Waals surface area contributed by atoms with E-state index in [1.54, 1.807) is 6.20 Å². The molecule has 2 aliphatic heterocycles. The zero-order valence-corrected chi connectivity index (χ0v) is 20.8. The van der Waals surface area contributed by atoms with E-state index in [0.717, 1.165) is 42.3 Å². The maximum atomic E-state index is 6.08. The lowest BCUT2D eigenvalue weighted by molar-refractivity contribution is 0.0479. The van der Waals surface area contributed by atoms with E-state index >= 15 is 0 Å². The molecular formula is C28H43N5O. The van der Waals surface area contributed by atoms with E-state index in [0.29, 0.717) is 36.5 Å². The lowest BCUT2D eigenvalue weighted by atomic mass is 9.74. The highest BCUT2D eigenvalue weighted by Gasteiger charge is 2.31. The highest BCUT2D eigenvalue weighted by atomic mass is 16.5. The van der Waals surface area contributed by atoms with E-state index in [1.165, 1.54) is 57.1 Å². The average Bonchev–Trinajstić information content (AvgIpc) is 2.86. The normalized spacial score (nSPS) is 33.6. The molecule has 1 aromatic carbocycles. The number of fused-ring (bicyclic) bond motifs is 10. The van der Waals surface area contributed by atoms with Crippen LogP contribution in [0.1, 0.15) is 58.3 Å². The lowest BCUT2D eigenvalue weighted by Gasteiger charge is -2.38. The monoisotopic (exact) mass is 465 g/mol. The van der Waals surface area contributed by atoms with Gasteiger partial charge in [0.15, 0.2) is 0 Å². The van der Waals surface area contributed by atoms with Gasteiger partial charge in [-0.2, -0.15) is 0 Å². The highest BCUT2D eigenvalue weighted by molar-refractivity contribution is 5.92. The molecule has 4 fully saturated rings. The molecule has 4 atom stereocenters. The van der Waals surface area contributed by atoms with E-state index in [1.807, 2.05) is 0 Å². The molecular weight excluding hydrogens is 422 g/mol. The minimum Gasteiger partial charge on any atom is -0.383 e. The lowest BCUT2D eigenvalue weighted by Crippen LogP contribution is -2.44. The highest BCUT2D eigenvalue weighted by Crippen LogP contribution is 2.36. The molecule has 4 bridgehead atoms. The number of pyridine rings is 1. The molecule has 0 amide bonds. The summed E-state index contributed by atoms with van der Waals surface area (Å²) in [6.45, 7) is 6.13. The van der Waals surface area contributed by atoms with Crippen molar-refractivity contribution in [3.63, 3.8) is 0 Å². The number of anilines is 2. The van der Waals surface area contributed by atoms with Crippen LogP contribution in [0.5, 0.6) is 0 Å². The van der Waals surface area contributed by atoms with Crippen molar-refractivity contribution in [2.24, 2.45) is 23.7 Å². The van der Waals surface area contributed by atoms with Crippen LogP contribution in [0.15, 0.2) is 30.5 Å². The van der Waals surface area contributed by atoms with Crippen LogP contribution in [-0.4, -0.2) is 43.5 Å². The maximum absolute atomic E-state index is 6.08. The first-order valence-corrected chi connectivity index (χ1v) is 13.6. The van der Waals surface area contributed by atoms with Crippen molar-refractivity contribution in [2.45, 2.75) is 70.4 Å². The van der Waals surface area contributed by atoms with Crippen LogP contribution in [-0.2, 0) is 4.74 Å². The maximum Gasteiger partial charge on any atom is 0.131 e. The van der Waals surface area contributed by atoms with Crippen molar-refractivity contribution in [1.82, 2.24) is 15.6 Å². The molecule has 0 spiro atoms. The number of benzene rings is 1. The van der Waals surface area contributed by atoms with Gasteiger partial charge in [0.05, 0.1) is 13.3 Å². The van der Waals surface area contributed by atoms with Crippen molar-refractivity contribution in [3.8, 4) is 0 Å². The first-order chi connectivity index (χ1) is 16.7. The molecule has 1 aromatic heterocycles. The molecule has 4 aliphatic rings. The van der Waals surface area contributed by atoms with Crippen LogP contribution >= 0.6 is 0 Å². The van der Waals surface area contributed by atoms with E-state index < -0.39 is 0 Å². The third-order valence-electron chi connectivity index (χ3n) is 8.77. The quantitative estimate of drug-likeness (QED) is 0.512. The molecule has 2 saturated carbocycles. The Morgan fingerprint density at radius 1 is 1.03 bits per heavy atom. The summed E-state index contributed by atoms with van der Waals surface area (Å²) < 4.78 is 6.08. The summed E-state index contributed by atoms with van der Waals surface area (Å²) in [4.78, 5) is 4.23. The van der Waals surface area contributed by atoms with Crippen LogP contribution in [0.25, 0.3) is 10.8 Å². The second kappa shape index (κ2) is 11.2. The molecule has 3 heterocycles. The molecule has 2 aromatic rings. The van der Waals surface area contributed by atoms with E-state index in [2.05, 4.69) is 52.1 Å². The molecule has 186 valence electrons. The number of rotatable bonds is 2. The molecule has 2 saturated heterocycles. The molecule has 6 nitrogen and oxygen atoms in total. The number of nitrogens with one attached hydrogen (secondary N) is 3. The van der Waals surface area contributed by atoms with Gasteiger partial charge in [-0.15, -0.1) is 0 Å². The predicted octanol–water partition coefficient (Wildman–Crippen LogP) is 4.77. The molecule has 6 heteroatoms. The SMILES string of the molecule is CC1COCNC2CCCC(CNC[C@H](Nc3ccc4c(N)nccc4c3)C3CCC1CC3)C2. The molecule has 2 aliphatic carbocycles. The van der Waals surface area contributed by atoms with Crippen LogP contribution in [0.2, 0.25) is 0 Å². The summed E-state index contributed by atoms with van der Waals surface area (Å²) in [6.07, 6.45) is 12.2. The van der Waals surface area contributed by atoms with Crippen LogP contribution in [0.4, 0.5) is 11.5 Å². The van der Waals surface area contributed by atoms with Crippen molar-refractivity contribution in [2.75, 3.05) is 37.5 Å². The summed E-state index contributed by atoms with van der Waals surface area (Å²) in [5.41, 5.74) is 7.26. The first-order valence-electron chi connectivity index (χ1n) is 13.6. The summed E-state index contributed by atoms with van der Waals surface area (Å²) in [5, 5.41) is 13.7. The fraction of sp³-hybridized carbons (Fsp3) is 0.679. The molecule has 34 heavy (non-hydrogen) atoms. The van der Waals surface area contributed by atoms with Crippen LogP contribution in [0, 0.1) is 23.7 Å². The zero-order chi connectivity index (χ0) is 23.3. The van der Waals surface area contributed by atoms with Crippen molar-refractivity contribution in [3.05, 3.63) is 30.5 Å². The summed E-state index contributed by atoms with van der Waals surface area (Å²) >= 11 is 0. The van der Waals surface area contributed by atoms with Gasteiger partial charge in [0, 0.05) is 35.9 Å². The summed E-state index contributed by atoms with van der Waals surface area (Å²) in [7, 11) is 0. The molecule has 6 rings (SSSR count). The van der Waals surface area contributed by atoms with Gasteiger partial charge in [0.25, 0.3) is 0 Å². The fourth-order valence-electron chi connectivity index (χ4n) is 6.62. The van der Waals surface area contributed by atoms with Gasteiger partial charge in [-0.05, 0) is 105 Å². The van der Waals surface area contributed by atoms with Crippen molar-refractivity contribution < 1.29 is 4.74 Å². The minimum atomic E-state index is 0.439. The minimum absolute atomic E-state index is 0.439. The Bertz CT molecular complexity index is 928. The molecule has 3 unspecified atom stereocenters. The van der Waals surface area contributed by atoms with Gasteiger partial charge in [-0.3, -0.25) is 5.32 Å². The largest absolute Gasteiger partial charge is 0.383 e. The Hall–Kier alpha value is -1.89. The van der Waals surface area contributed by atoms with Gasteiger partial charge in [-0.1, -0.05) is 13.3 Å². The number of hydrogen-bond donors (Lipinski definition) is 4. The van der Waals surface area contributed by atoms with Gasteiger partial charge < -0.3 is 21.1 Å². The molecule has 0 radical (unpaired) electrons. The van der Waals surface area contributed by atoms with Crippen molar-refractivity contribution >= 4 is 22.3 Å². The van der Waals surface area contributed by atoms with Gasteiger partial charge in [0.1, 0.15) is 5.82 Å². The summed E-state index contributed by atoms with van der Waals surface area (Å²) in [6, 6.07) is 9.60. The predicted molar refractivity (Wildman–Crippen MR) is 141 cm³/mol. The molecule has 5 N–H and O–H groups in total. The second-order valence-electron chi connectivity index (χ2n) is 11.1. The van der Waals surface area contributed by atoms with E-state index in [4.69, 9.17) is 10.5 Å². The standard InChI is InChI=1S/C28H43N5O/c1-19-17-34-18-32-24-4-2-3-20(13-24)15-30-16-27(22-7-5-21(19)6-8-22)33-25-9-10-26-23(14-25)11-12-31-28(26)29/h9-12,14,19-22,24,27,30,32-33H,2-8,13,15-18H2,1H3,(H2,29,31)/t19?,20?,21?,22?,24?,27-/m0/s1. The third kappa shape index (κ3) is 5.84. The Kier molecular flexibility index (Phi) is 7.87. The fourth-order valence-corrected chi connectivity index (χ4v) is 6.62. The van der Waals surface area contributed by atoms with Crippen molar-refractivity contribution in [1.29, 1.82) is 0 Å². The van der Waals surface area contributed by atoms with E-state index in [9.17, 15) is 0 Å². The smallest absolute Gasteiger partial charge is 0.131 e. The Morgan fingerprint density at radius 2 is 1.88 bits per heavy atom. The second-order valence-corrected chi connectivity index (χ2v) is 11.1. The third-order valence-corrected chi connectivity index (χ3v) is 8.77. The number of nitrogen functional groups attached to an aromatic ring is 1. The Morgan fingerprint density at radius 3 is 2.76 bits per heavy atom. The topological polar surface area (TPSA) is 84.2 Å².